The number of amides is 1. The molecule has 2 aromatic rings. The molecular formula is C20H15FN2O3S. The van der Waals surface area contributed by atoms with Gasteiger partial charge in [-0.2, -0.15) is 0 Å². The minimum atomic E-state index is -1.10. The quantitative estimate of drug-likeness (QED) is 0.618. The Kier molecular flexibility index (Phi) is 5.52. The molecule has 1 fully saturated rings. The van der Waals surface area contributed by atoms with Crippen molar-refractivity contribution in [2.75, 3.05) is 6.54 Å². The van der Waals surface area contributed by atoms with E-state index in [2.05, 4.69) is 11.6 Å². The first-order chi connectivity index (χ1) is 13.0. The van der Waals surface area contributed by atoms with Crippen LogP contribution in [0.25, 0.3) is 6.08 Å². The number of rotatable bonds is 5. The van der Waals surface area contributed by atoms with Gasteiger partial charge < -0.3 is 5.11 Å². The first kappa shape index (κ1) is 18.6. The molecule has 1 saturated heterocycles. The second-order valence-corrected chi connectivity index (χ2v) is 6.59. The van der Waals surface area contributed by atoms with E-state index in [0.29, 0.717) is 15.6 Å². The van der Waals surface area contributed by atoms with Crippen LogP contribution >= 0.6 is 11.8 Å². The highest BCUT2D eigenvalue weighted by Crippen LogP contribution is 2.34. The second kappa shape index (κ2) is 8.01. The second-order valence-electron chi connectivity index (χ2n) is 5.58. The summed E-state index contributed by atoms with van der Waals surface area (Å²) in [6, 6.07) is 12.1. The summed E-state index contributed by atoms with van der Waals surface area (Å²) in [5.74, 6) is -1.72. The molecule has 0 aliphatic carbocycles. The van der Waals surface area contributed by atoms with E-state index >= 15 is 0 Å². The number of carboxylic acids is 1. The van der Waals surface area contributed by atoms with Crippen molar-refractivity contribution in [2.24, 2.45) is 4.99 Å². The van der Waals surface area contributed by atoms with E-state index in [1.165, 1.54) is 23.1 Å². The Balaban J connectivity index is 2.00. The maximum Gasteiger partial charge on any atom is 0.337 e. The fraction of sp³-hybridized carbons (Fsp3) is 0.0500. The number of carbonyl (C=O) groups is 2. The number of carbonyl (C=O) groups excluding carboxylic acids is 1. The van der Waals surface area contributed by atoms with E-state index < -0.39 is 5.97 Å². The topological polar surface area (TPSA) is 70.0 Å². The summed E-state index contributed by atoms with van der Waals surface area (Å²) < 4.78 is 13.1. The zero-order valence-electron chi connectivity index (χ0n) is 14.1. The Morgan fingerprint density at radius 3 is 2.59 bits per heavy atom. The smallest absolute Gasteiger partial charge is 0.337 e. The van der Waals surface area contributed by atoms with Crippen LogP contribution in [-0.2, 0) is 4.79 Å². The molecule has 0 radical (unpaired) electrons. The molecule has 1 N–H and O–H groups in total. The van der Waals surface area contributed by atoms with Crippen LogP contribution in [0, 0.1) is 5.82 Å². The van der Waals surface area contributed by atoms with Crippen LogP contribution in [0.4, 0.5) is 10.1 Å². The highest BCUT2D eigenvalue weighted by Gasteiger charge is 2.32. The third-order valence-corrected chi connectivity index (χ3v) is 4.72. The van der Waals surface area contributed by atoms with Crippen LogP contribution in [0.1, 0.15) is 15.9 Å². The molecule has 0 bridgehead atoms. The van der Waals surface area contributed by atoms with Crippen LogP contribution in [0.2, 0.25) is 0 Å². The molecular weight excluding hydrogens is 367 g/mol. The SMILES string of the molecule is C=CCN1C(=O)/C(=C/c2ccc(F)cc2)SC1=Nc1ccccc1C(=O)O. The number of carboxylic acid groups (broad SMARTS) is 1. The fourth-order valence-corrected chi connectivity index (χ4v) is 3.45. The van der Waals surface area contributed by atoms with Crippen molar-refractivity contribution in [1.29, 1.82) is 0 Å². The molecule has 5 nitrogen and oxygen atoms in total. The van der Waals surface area contributed by atoms with Crippen LogP contribution in [-0.4, -0.2) is 33.6 Å². The van der Waals surface area contributed by atoms with Crippen LogP contribution < -0.4 is 0 Å². The Bertz CT molecular complexity index is 967. The van der Waals surface area contributed by atoms with Gasteiger partial charge >= 0.3 is 5.97 Å². The molecule has 0 aromatic heterocycles. The highest BCUT2D eigenvalue weighted by atomic mass is 32.2. The summed E-state index contributed by atoms with van der Waals surface area (Å²) in [7, 11) is 0. The molecule has 0 unspecified atom stereocenters. The highest BCUT2D eigenvalue weighted by molar-refractivity contribution is 8.18. The van der Waals surface area contributed by atoms with E-state index in [0.717, 1.165) is 11.8 Å². The van der Waals surface area contributed by atoms with Crippen molar-refractivity contribution in [2.45, 2.75) is 0 Å². The molecule has 0 atom stereocenters. The Labute approximate surface area is 159 Å². The first-order valence-corrected chi connectivity index (χ1v) is 8.80. The lowest BCUT2D eigenvalue weighted by Gasteiger charge is -2.13. The van der Waals surface area contributed by atoms with Gasteiger partial charge in [-0.05, 0) is 47.7 Å². The van der Waals surface area contributed by atoms with Crippen molar-refractivity contribution in [3.8, 4) is 0 Å². The number of nitrogens with zero attached hydrogens (tertiary/aromatic N) is 2. The van der Waals surface area contributed by atoms with Crippen molar-refractivity contribution >= 4 is 40.6 Å². The van der Waals surface area contributed by atoms with Gasteiger partial charge in [0.05, 0.1) is 16.2 Å². The predicted octanol–water partition coefficient (Wildman–Crippen LogP) is 4.31. The van der Waals surface area contributed by atoms with Crippen LogP contribution in [0.5, 0.6) is 0 Å². The summed E-state index contributed by atoms with van der Waals surface area (Å²) in [5.41, 5.74) is 0.989. The normalized spacial score (nSPS) is 16.9. The zero-order valence-corrected chi connectivity index (χ0v) is 14.9. The Morgan fingerprint density at radius 1 is 1.22 bits per heavy atom. The maximum atomic E-state index is 13.1. The van der Waals surface area contributed by atoms with E-state index in [9.17, 15) is 19.1 Å². The lowest BCUT2D eigenvalue weighted by molar-refractivity contribution is -0.121. The number of hydrogen-bond donors (Lipinski definition) is 1. The lowest BCUT2D eigenvalue weighted by Crippen LogP contribution is -2.29. The number of para-hydroxylation sites is 1. The number of amidine groups is 1. The monoisotopic (exact) mass is 382 g/mol. The molecule has 1 aliphatic heterocycles. The van der Waals surface area contributed by atoms with Crippen LogP contribution in [0.3, 0.4) is 0 Å². The third kappa shape index (κ3) is 4.15. The molecule has 0 saturated carbocycles. The van der Waals surface area contributed by atoms with Crippen molar-refractivity contribution < 1.29 is 19.1 Å². The summed E-state index contributed by atoms with van der Waals surface area (Å²) in [6.45, 7) is 3.89. The van der Waals surface area contributed by atoms with Gasteiger partial charge in [0.25, 0.3) is 5.91 Å². The molecule has 1 aliphatic rings. The van der Waals surface area contributed by atoms with Crippen molar-refractivity contribution in [1.82, 2.24) is 4.90 Å². The molecule has 0 spiro atoms. The van der Waals surface area contributed by atoms with Gasteiger partial charge in [0, 0.05) is 6.54 Å². The number of hydrogen-bond acceptors (Lipinski definition) is 4. The zero-order chi connectivity index (χ0) is 19.4. The minimum Gasteiger partial charge on any atom is -0.478 e. The first-order valence-electron chi connectivity index (χ1n) is 7.98. The van der Waals surface area contributed by atoms with Crippen molar-refractivity contribution in [3.63, 3.8) is 0 Å². The number of halogens is 1. The average molecular weight is 382 g/mol. The molecule has 1 amide bonds. The van der Waals surface area contributed by atoms with E-state index in [-0.39, 0.29) is 29.5 Å². The van der Waals surface area contributed by atoms with E-state index in [1.54, 1.807) is 42.5 Å². The van der Waals surface area contributed by atoms with Gasteiger partial charge in [-0.3, -0.25) is 9.69 Å². The molecule has 7 heteroatoms. The Morgan fingerprint density at radius 2 is 1.93 bits per heavy atom. The summed E-state index contributed by atoms with van der Waals surface area (Å²) in [6.07, 6.45) is 3.21. The van der Waals surface area contributed by atoms with Gasteiger partial charge in [0.15, 0.2) is 5.17 Å². The maximum absolute atomic E-state index is 13.1. The number of aliphatic imine (C=N–C) groups is 1. The van der Waals surface area contributed by atoms with E-state index in [4.69, 9.17) is 0 Å². The predicted molar refractivity (Wildman–Crippen MR) is 104 cm³/mol. The van der Waals surface area contributed by atoms with Gasteiger partial charge in [-0.25, -0.2) is 14.2 Å². The lowest BCUT2D eigenvalue weighted by atomic mass is 10.2. The largest absolute Gasteiger partial charge is 0.478 e. The standard InChI is InChI=1S/C20H15FN2O3S/c1-2-11-23-18(24)17(12-13-7-9-14(21)10-8-13)27-20(23)22-16-6-4-3-5-15(16)19(25)26/h2-10,12H,1,11H2,(H,25,26)/b17-12-,22-20?. The van der Waals surface area contributed by atoms with Crippen molar-refractivity contribution in [3.05, 3.63) is 83.0 Å². The summed E-state index contributed by atoms with van der Waals surface area (Å²) in [4.78, 5) is 30.3. The molecule has 3 rings (SSSR count). The molecule has 2 aromatic carbocycles. The van der Waals surface area contributed by atoms with Gasteiger partial charge in [-0.1, -0.05) is 30.3 Å². The molecule has 1 heterocycles. The van der Waals surface area contributed by atoms with Gasteiger partial charge in [0.2, 0.25) is 0 Å². The summed E-state index contributed by atoms with van der Waals surface area (Å²) in [5, 5.41) is 9.68. The number of aromatic carboxylic acids is 1. The number of thioether (sulfide) groups is 1. The fourth-order valence-electron chi connectivity index (χ4n) is 2.45. The van der Waals surface area contributed by atoms with Gasteiger partial charge in [-0.15, -0.1) is 6.58 Å². The third-order valence-electron chi connectivity index (χ3n) is 3.72. The van der Waals surface area contributed by atoms with Gasteiger partial charge in [0.1, 0.15) is 5.82 Å². The minimum absolute atomic E-state index is 0.0487. The molecule has 27 heavy (non-hydrogen) atoms. The Hall–Kier alpha value is -3.19. The van der Waals surface area contributed by atoms with E-state index in [1.807, 2.05) is 0 Å². The average Bonchev–Trinajstić information content (AvgIpc) is 2.93. The number of benzene rings is 2. The summed E-state index contributed by atoms with van der Waals surface area (Å²) >= 11 is 1.13. The van der Waals surface area contributed by atoms with Crippen LogP contribution in [0.15, 0.2) is 71.1 Å². The molecule has 136 valence electrons.